The molecule has 0 aliphatic heterocycles. The van der Waals surface area contributed by atoms with Gasteiger partial charge < -0.3 is 33.8 Å². The van der Waals surface area contributed by atoms with Crippen LogP contribution in [-0.2, 0) is 65.4 Å². The zero-order chi connectivity index (χ0) is 77.2. The van der Waals surface area contributed by atoms with Crippen molar-refractivity contribution >= 4 is 39.5 Å². The third-order valence-electron chi connectivity index (χ3n) is 20.9. The minimum atomic E-state index is -4.97. The van der Waals surface area contributed by atoms with E-state index in [1.165, 1.54) is 263 Å². The number of unbranched alkanes of at least 4 members (excludes halogenated alkanes) is 50. The summed E-state index contributed by atoms with van der Waals surface area (Å²) in [5.74, 6) is 0.362. The quantitative estimate of drug-likeness (QED) is 0.0222. The standard InChI is InChI=1S/C86H168O17P2/c1-8-11-12-13-14-15-16-24-31-39-46-53-60-67-83(88)96-74-82(103-86(91)70-63-56-49-42-35-34-38-45-52-59-66-79(7)10-3)76-101-105(94,95)99-72-80(87)71-98-104(92,93)100-75-81(73-97-84(89)68-61-54-47-40-32-28-23-25-29-36-43-50-57-64-77(4)5)102-85(90)69-62-55-48-41-33-27-22-20-18-17-19-21-26-30-37-44-51-58-65-78(6)9-2/h77-82,87H,8-76H2,1-7H3,(H,92,93)(H,94,95)/t78?,79?,80-,81-,82-/m1/s1. The van der Waals surface area contributed by atoms with E-state index < -0.39 is 97.5 Å². The molecule has 0 radical (unpaired) electrons. The molecule has 0 bridgehead atoms. The van der Waals surface area contributed by atoms with Crippen LogP contribution in [0, 0.1) is 17.8 Å². The van der Waals surface area contributed by atoms with E-state index in [4.69, 9.17) is 37.0 Å². The maximum absolute atomic E-state index is 13.1. The predicted molar refractivity (Wildman–Crippen MR) is 432 cm³/mol. The number of aliphatic hydroxyl groups is 1. The van der Waals surface area contributed by atoms with Crippen LogP contribution >= 0.6 is 15.6 Å². The summed E-state index contributed by atoms with van der Waals surface area (Å²) < 4.78 is 68.9. The van der Waals surface area contributed by atoms with E-state index in [0.29, 0.717) is 25.7 Å². The normalized spacial score (nSPS) is 14.4. The van der Waals surface area contributed by atoms with E-state index in [0.717, 1.165) is 108 Å². The second kappa shape index (κ2) is 76.1. The van der Waals surface area contributed by atoms with Crippen molar-refractivity contribution in [3.63, 3.8) is 0 Å². The Morgan fingerprint density at radius 3 is 0.724 bits per heavy atom. The molecule has 105 heavy (non-hydrogen) atoms. The number of hydrogen-bond donors (Lipinski definition) is 3. The number of carbonyl (C=O) groups is 4. The van der Waals surface area contributed by atoms with Gasteiger partial charge in [-0.2, -0.15) is 0 Å². The van der Waals surface area contributed by atoms with Crippen LogP contribution in [0.1, 0.15) is 453 Å². The highest BCUT2D eigenvalue weighted by Gasteiger charge is 2.30. The Balaban J connectivity index is 5.25. The van der Waals surface area contributed by atoms with Crippen LogP contribution in [0.3, 0.4) is 0 Å². The van der Waals surface area contributed by atoms with E-state index in [1.807, 2.05) is 0 Å². The summed E-state index contributed by atoms with van der Waals surface area (Å²) in [7, 11) is -9.93. The van der Waals surface area contributed by atoms with Gasteiger partial charge in [-0.15, -0.1) is 0 Å². The number of rotatable bonds is 84. The van der Waals surface area contributed by atoms with E-state index in [9.17, 15) is 43.2 Å². The zero-order valence-corrected chi connectivity index (χ0v) is 71.0. The molecule has 19 heteroatoms. The molecular weight excluding hydrogens is 1370 g/mol. The Bertz CT molecular complexity index is 2030. The Morgan fingerprint density at radius 1 is 0.276 bits per heavy atom. The van der Waals surface area contributed by atoms with Gasteiger partial charge in [0.15, 0.2) is 12.2 Å². The van der Waals surface area contributed by atoms with Crippen LogP contribution in [0.2, 0.25) is 0 Å². The van der Waals surface area contributed by atoms with Gasteiger partial charge in [0.1, 0.15) is 19.3 Å². The van der Waals surface area contributed by atoms with Crippen molar-refractivity contribution in [3.8, 4) is 0 Å². The second-order valence-electron chi connectivity index (χ2n) is 31.9. The van der Waals surface area contributed by atoms with Crippen LogP contribution in [-0.4, -0.2) is 96.7 Å². The molecule has 17 nitrogen and oxygen atoms in total. The summed E-state index contributed by atoms with van der Waals surface area (Å²) in [6, 6.07) is 0. The van der Waals surface area contributed by atoms with Crippen molar-refractivity contribution in [2.45, 2.75) is 471 Å². The molecule has 0 heterocycles. The maximum atomic E-state index is 13.1. The highest BCUT2D eigenvalue weighted by atomic mass is 31.2. The fourth-order valence-corrected chi connectivity index (χ4v) is 14.9. The van der Waals surface area contributed by atoms with E-state index in [2.05, 4.69) is 48.5 Å². The topological polar surface area (TPSA) is 237 Å². The summed E-state index contributed by atoms with van der Waals surface area (Å²) in [4.78, 5) is 73.2. The molecule has 0 aliphatic rings. The van der Waals surface area contributed by atoms with Gasteiger partial charge in [0.25, 0.3) is 0 Å². The highest BCUT2D eigenvalue weighted by molar-refractivity contribution is 7.47. The average molecular weight is 1540 g/mol. The molecule has 0 saturated heterocycles. The molecule has 0 amide bonds. The van der Waals surface area contributed by atoms with Crippen molar-refractivity contribution in [3.05, 3.63) is 0 Å². The first-order valence-corrected chi connectivity index (χ1v) is 47.4. The predicted octanol–water partition coefficient (Wildman–Crippen LogP) is 26.1. The lowest BCUT2D eigenvalue weighted by Crippen LogP contribution is -2.30. The second-order valence-corrected chi connectivity index (χ2v) is 34.8. The molecule has 0 aliphatic carbocycles. The Kier molecular flexibility index (Phi) is 74.7. The van der Waals surface area contributed by atoms with E-state index in [1.54, 1.807) is 0 Å². The molecule has 0 saturated carbocycles. The smallest absolute Gasteiger partial charge is 0.462 e. The monoisotopic (exact) mass is 1540 g/mol. The molecule has 0 fully saturated rings. The van der Waals surface area contributed by atoms with E-state index in [-0.39, 0.29) is 25.7 Å². The van der Waals surface area contributed by atoms with Crippen LogP contribution in [0.4, 0.5) is 0 Å². The molecule has 0 aromatic heterocycles. The summed E-state index contributed by atoms with van der Waals surface area (Å²) in [6.45, 7) is 12.1. The van der Waals surface area contributed by atoms with Crippen LogP contribution in [0.15, 0.2) is 0 Å². The van der Waals surface area contributed by atoms with Gasteiger partial charge in [-0.3, -0.25) is 37.3 Å². The van der Waals surface area contributed by atoms with Gasteiger partial charge in [0.2, 0.25) is 0 Å². The Hall–Kier alpha value is -1.94. The number of hydrogen-bond acceptors (Lipinski definition) is 15. The van der Waals surface area contributed by atoms with Crippen LogP contribution < -0.4 is 0 Å². The minimum absolute atomic E-state index is 0.107. The summed E-state index contributed by atoms with van der Waals surface area (Å²) >= 11 is 0. The van der Waals surface area contributed by atoms with E-state index >= 15 is 0 Å². The summed E-state index contributed by atoms with van der Waals surface area (Å²) in [6.07, 6.45) is 66.4. The number of ether oxygens (including phenoxy) is 4. The molecular formula is C86H168O17P2. The van der Waals surface area contributed by atoms with Gasteiger partial charge in [-0.05, 0) is 43.4 Å². The first-order chi connectivity index (χ1) is 50.8. The number of phosphoric acid groups is 2. The first-order valence-electron chi connectivity index (χ1n) is 44.4. The molecule has 0 aromatic carbocycles. The number of esters is 4. The van der Waals surface area contributed by atoms with Crippen LogP contribution in [0.5, 0.6) is 0 Å². The molecule has 4 unspecified atom stereocenters. The highest BCUT2D eigenvalue weighted by Crippen LogP contribution is 2.45. The van der Waals surface area contributed by atoms with Gasteiger partial charge in [-0.1, -0.05) is 402 Å². The Labute approximate surface area is 645 Å². The lowest BCUT2D eigenvalue weighted by atomic mass is 9.99. The average Bonchev–Trinajstić information content (AvgIpc) is 1.09. The third-order valence-corrected chi connectivity index (χ3v) is 22.8. The van der Waals surface area contributed by atoms with Gasteiger partial charge in [0.05, 0.1) is 26.4 Å². The van der Waals surface area contributed by atoms with Crippen molar-refractivity contribution in [1.82, 2.24) is 0 Å². The fourth-order valence-electron chi connectivity index (χ4n) is 13.3. The lowest BCUT2D eigenvalue weighted by Gasteiger charge is -2.21. The fraction of sp³-hybridized carbons (Fsp3) is 0.953. The van der Waals surface area contributed by atoms with Crippen molar-refractivity contribution in [1.29, 1.82) is 0 Å². The number of aliphatic hydroxyl groups excluding tert-OH is 1. The number of phosphoric ester groups is 2. The largest absolute Gasteiger partial charge is 0.472 e. The first kappa shape index (κ1) is 103. The lowest BCUT2D eigenvalue weighted by molar-refractivity contribution is -0.161. The number of carbonyl (C=O) groups excluding carboxylic acids is 4. The molecule has 0 rings (SSSR count). The van der Waals surface area contributed by atoms with Crippen LogP contribution in [0.25, 0.3) is 0 Å². The van der Waals surface area contributed by atoms with Gasteiger partial charge in [-0.25, -0.2) is 9.13 Å². The maximum Gasteiger partial charge on any atom is 0.472 e. The zero-order valence-electron chi connectivity index (χ0n) is 69.2. The minimum Gasteiger partial charge on any atom is -0.462 e. The van der Waals surface area contributed by atoms with Crippen molar-refractivity contribution in [2.75, 3.05) is 39.6 Å². The molecule has 7 atom stereocenters. The van der Waals surface area contributed by atoms with Crippen molar-refractivity contribution < 1.29 is 80.2 Å². The molecule has 624 valence electrons. The molecule has 3 N–H and O–H groups in total. The molecule has 0 aromatic rings. The summed E-state index contributed by atoms with van der Waals surface area (Å²) in [5, 5.41) is 10.7. The van der Waals surface area contributed by atoms with Crippen molar-refractivity contribution in [2.24, 2.45) is 17.8 Å². The summed E-state index contributed by atoms with van der Waals surface area (Å²) in [5.41, 5.74) is 0. The third kappa shape index (κ3) is 77.2. The van der Waals surface area contributed by atoms with Gasteiger partial charge >= 0.3 is 39.5 Å². The molecule has 0 spiro atoms. The SMILES string of the molecule is CCCCCCCCCCCCCCCC(=O)OC[C@H](COP(=O)(O)OC[C@H](O)COP(=O)(O)OC[C@@H](COC(=O)CCCCCCCCCCCCCCCC(C)C)OC(=O)CCCCCCCCCCCCCCCCCCCCC(C)CC)OC(=O)CCCCCCCCCCCCC(C)CC. The Morgan fingerprint density at radius 2 is 0.486 bits per heavy atom. The van der Waals surface area contributed by atoms with Gasteiger partial charge in [0, 0.05) is 25.7 Å².